The fraction of sp³-hybridized carbons (Fsp3) is 0.292. The molecule has 36 heavy (non-hydrogen) atoms. The molecule has 1 saturated heterocycles. The lowest BCUT2D eigenvalue weighted by molar-refractivity contribution is 0.0921. The smallest absolute Gasteiger partial charge is 0.407 e. The lowest BCUT2D eigenvalue weighted by atomic mass is 10.1. The molecule has 1 fully saturated rings. The Morgan fingerprint density at radius 2 is 1.94 bits per heavy atom. The van der Waals surface area contributed by atoms with Gasteiger partial charge in [0.1, 0.15) is 10.8 Å². The minimum atomic E-state index is -1.00. The summed E-state index contributed by atoms with van der Waals surface area (Å²) in [5.41, 5.74) is 1.13. The number of urea groups is 1. The minimum Gasteiger partial charge on any atom is -0.497 e. The number of carbonyl (C=O) groups is 3. The van der Waals surface area contributed by atoms with E-state index in [2.05, 4.69) is 25.9 Å². The first-order chi connectivity index (χ1) is 17.4. The fourth-order valence-corrected chi connectivity index (χ4v) is 4.92. The van der Waals surface area contributed by atoms with Crippen molar-refractivity contribution in [2.75, 3.05) is 30.8 Å². The summed E-state index contributed by atoms with van der Waals surface area (Å²) < 4.78 is 5.22. The first-order valence-corrected chi connectivity index (χ1v) is 12.2. The van der Waals surface area contributed by atoms with Crippen LogP contribution in [0.2, 0.25) is 0 Å². The Balaban J connectivity index is 1.57. The molecule has 0 spiro atoms. The van der Waals surface area contributed by atoms with E-state index in [9.17, 15) is 19.5 Å². The van der Waals surface area contributed by atoms with E-state index in [-0.39, 0.29) is 24.0 Å². The number of nitrogens with zero attached hydrogens (tertiary/aromatic N) is 3. The molecule has 12 heteroatoms. The van der Waals surface area contributed by atoms with Gasteiger partial charge in [-0.15, -0.1) is 11.3 Å². The maximum atomic E-state index is 13.3. The van der Waals surface area contributed by atoms with Crippen LogP contribution in [-0.2, 0) is 0 Å². The molecule has 3 heterocycles. The SMILES string of the molecule is COc1ccc(-c2cc(C(=O)N[C@H]3CCCCN(C(=O)O)C3)c(NC(=O)Nc3cnccn3)s2)cc1. The number of carboxylic acid groups (broad SMARTS) is 1. The van der Waals surface area contributed by atoms with Crippen molar-refractivity contribution in [2.24, 2.45) is 0 Å². The molecule has 0 unspecified atom stereocenters. The molecule has 0 bridgehead atoms. The van der Waals surface area contributed by atoms with Gasteiger partial charge in [-0.3, -0.25) is 20.4 Å². The Morgan fingerprint density at radius 1 is 1.14 bits per heavy atom. The molecule has 4 amide bonds. The molecule has 188 valence electrons. The molecule has 3 aromatic rings. The van der Waals surface area contributed by atoms with E-state index in [1.54, 1.807) is 13.2 Å². The highest BCUT2D eigenvalue weighted by Crippen LogP contribution is 2.36. The van der Waals surface area contributed by atoms with Gasteiger partial charge in [0.2, 0.25) is 0 Å². The van der Waals surface area contributed by atoms with Crippen LogP contribution in [0.3, 0.4) is 0 Å². The molecule has 4 N–H and O–H groups in total. The standard InChI is InChI=1S/C24H26N6O5S/c1-35-17-7-5-15(6-8-17)19-12-18(21(31)27-16-4-2-3-11-30(14-16)24(33)34)22(36-19)29-23(32)28-20-13-25-9-10-26-20/h5-10,12-13,16H,2-4,11,14H2,1H3,(H,27,31)(H,33,34)(H2,26,28,29,32)/t16-/m0/s1. The molecular weight excluding hydrogens is 484 g/mol. The summed E-state index contributed by atoms with van der Waals surface area (Å²) >= 11 is 1.25. The summed E-state index contributed by atoms with van der Waals surface area (Å²) in [5, 5.41) is 18.0. The van der Waals surface area contributed by atoms with Gasteiger partial charge in [-0.25, -0.2) is 14.6 Å². The van der Waals surface area contributed by atoms with Gasteiger partial charge in [-0.2, -0.15) is 0 Å². The Bertz CT molecular complexity index is 1220. The van der Waals surface area contributed by atoms with Crippen molar-refractivity contribution in [2.45, 2.75) is 25.3 Å². The molecule has 1 aliphatic heterocycles. The molecular formula is C24H26N6O5S. The third kappa shape index (κ3) is 6.27. The van der Waals surface area contributed by atoms with Crippen LogP contribution >= 0.6 is 11.3 Å². The van der Waals surface area contributed by atoms with Crippen LogP contribution < -0.4 is 20.7 Å². The van der Waals surface area contributed by atoms with Crippen LogP contribution in [-0.4, -0.2) is 64.2 Å². The van der Waals surface area contributed by atoms with Gasteiger partial charge < -0.3 is 20.1 Å². The number of ether oxygens (including phenoxy) is 1. The summed E-state index contributed by atoms with van der Waals surface area (Å²) in [7, 11) is 1.58. The lowest BCUT2D eigenvalue weighted by Crippen LogP contribution is -2.44. The van der Waals surface area contributed by atoms with E-state index in [4.69, 9.17) is 4.74 Å². The highest BCUT2D eigenvalue weighted by atomic mass is 32.1. The number of benzene rings is 1. The first-order valence-electron chi connectivity index (χ1n) is 11.3. The zero-order valence-corrected chi connectivity index (χ0v) is 20.4. The van der Waals surface area contributed by atoms with Crippen molar-refractivity contribution >= 4 is 40.2 Å². The summed E-state index contributed by atoms with van der Waals surface area (Å²) in [6.07, 6.45) is 5.57. The van der Waals surface area contributed by atoms with Gasteiger partial charge in [0.15, 0.2) is 5.82 Å². The van der Waals surface area contributed by atoms with Crippen molar-refractivity contribution in [1.82, 2.24) is 20.2 Å². The third-order valence-electron chi connectivity index (χ3n) is 5.66. The summed E-state index contributed by atoms with van der Waals surface area (Å²) in [6.45, 7) is 0.656. The Labute approximate surface area is 211 Å². The van der Waals surface area contributed by atoms with Crippen molar-refractivity contribution in [3.8, 4) is 16.2 Å². The number of methoxy groups -OCH3 is 1. The van der Waals surface area contributed by atoms with Gasteiger partial charge in [0.05, 0.1) is 18.9 Å². The number of anilines is 2. The molecule has 0 aliphatic carbocycles. The van der Waals surface area contributed by atoms with Gasteiger partial charge in [0.25, 0.3) is 5.91 Å². The van der Waals surface area contributed by atoms with E-state index in [1.165, 1.54) is 34.8 Å². The van der Waals surface area contributed by atoms with Crippen LogP contribution in [0.15, 0.2) is 48.9 Å². The third-order valence-corrected chi connectivity index (χ3v) is 6.76. The average Bonchev–Trinajstić information content (AvgIpc) is 3.14. The number of amides is 4. The van der Waals surface area contributed by atoms with Gasteiger partial charge >= 0.3 is 12.1 Å². The summed E-state index contributed by atoms with van der Waals surface area (Å²) in [5.74, 6) is 0.574. The zero-order chi connectivity index (χ0) is 25.5. The van der Waals surface area contributed by atoms with Crippen molar-refractivity contribution in [1.29, 1.82) is 0 Å². The Morgan fingerprint density at radius 3 is 2.64 bits per heavy atom. The topological polar surface area (TPSA) is 146 Å². The number of likely N-dealkylation sites (tertiary alicyclic amines) is 1. The maximum Gasteiger partial charge on any atom is 0.407 e. The molecule has 2 aromatic heterocycles. The molecule has 4 rings (SSSR count). The number of nitrogens with one attached hydrogen (secondary N) is 3. The monoisotopic (exact) mass is 510 g/mol. The summed E-state index contributed by atoms with van der Waals surface area (Å²) in [4.78, 5) is 47.5. The predicted molar refractivity (Wildman–Crippen MR) is 136 cm³/mol. The number of carbonyl (C=O) groups excluding carboxylic acids is 2. The van der Waals surface area contributed by atoms with Crippen LogP contribution in [0.4, 0.5) is 20.4 Å². The molecule has 1 aliphatic rings. The number of aromatic nitrogens is 2. The quantitative estimate of drug-likeness (QED) is 0.390. The molecule has 0 saturated carbocycles. The molecule has 1 aromatic carbocycles. The Kier molecular flexibility index (Phi) is 7.95. The molecule has 0 radical (unpaired) electrons. The normalized spacial score (nSPS) is 15.5. The summed E-state index contributed by atoms with van der Waals surface area (Å²) in [6, 6.07) is 8.17. The highest BCUT2D eigenvalue weighted by molar-refractivity contribution is 7.20. The largest absolute Gasteiger partial charge is 0.497 e. The van der Waals surface area contributed by atoms with E-state index in [0.29, 0.717) is 23.7 Å². The fourth-order valence-electron chi connectivity index (χ4n) is 3.86. The number of rotatable bonds is 6. The second kappa shape index (κ2) is 11.5. The van der Waals surface area contributed by atoms with E-state index >= 15 is 0 Å². The zero-order valence-electron chi connectivity index (χ0n) is 19.6. The van der Waals surface area contributed by atoms with Crippen molar-refractivity contribution in [3.63, 3.8) is 0 Å². The number of hydrogen-bond acceptors (Lipinski definition) is 7. The first kappa shape index (κ1) is 24.9. The van der Waals surface area contributed by atoms with Crippen LogP contribution in [0.25, 0.3) is 10.4 Å². The average molecular weight is 511 g/mol. The van der Waals surface area contributed by atoms with E-state index in [0.717, 1.165) is 23.3 Å². The van der Waals surface area contributed by atoms with Gasteiger partial charge in [-0.05, 0) is 55.2 Å². The lowest BCUT2D eigenvalue weighted by Gasteiger charge is -2.22. The van der Waals surface area contributed by atoms with Crippen LogP contribution in [0.5, 0.6) is 5.75 Å². The van der Waals surface area contributed by atoms with Crippen molar-refractivity contribution in [3.05, 3.63) is 54.5 Å². The minimum absolute atomic E-state index is 0.215. The van der Waals surface area contributed by atoms with Gasteiger partial charge in [-0.1, -0.05) is 0 Å². The Hall–Kier alpha value is -4.19. The number of thiophene rings is 1. The van der Waals surface area contributed by atoms with Gasteiger partial charge in [0, 0.05) is 36.4 Å². The number of hydrogen-bond donors (Lipinski definition) is 4. The van der Waals surface area contributed by atoms with Crippen molar-refractivity contribution < 1.29 is 24.2 Å². The van der Waals surface area contributed by atoms with E-state index in [1.807, 2.05) is 24.3 Å². The molecule has 1 atom stereocenters. The van der Waals surface area contributed by atoms with Crippen LogP contribution in [0, 0.1) is 0 Å². The predicted octanol–water partition coefficient (Wildman–Crippen LogP) is 4.12. The second-order valence-electron chi connectivity index (χ2n) is 8.15. The second-order valence-corrected chi connectivity index (χ2v) is 9.20. The van der Waals surface area contributed by atoms with Crippen LogP contribution in [0.1, 0.15) is 29.6 Å². The van der Waals surface area contributed by atoms with E-state index < -0.39 is 18.0 Å². The highest BCUT2D eigenvalue weighted by Gasteiger charge is 2.25. The molecule has 11 nitrogen and oxygen atoms in total. The maximum absolute atomic E-state index is 13.3.